The maximum Gasteiger partial charge on any atom is 0.303 e. The van der Waals surface area contributed by atoms with Crippen LogP contribution in [-0.4, -0.2) is 53.0 Å². The molecule has 142 valence electrons. The Labute approximate surface area is 158 Å². The Kier molecular flexibility index (Phi) is 6.19. The van der Waals surface area contributed by atoms with Crippen LogP contribution in [0.15, 0.2) is 54.6 Å². The average Bonchev–Trinajstić information content (AvgIpc) is 2.70. The molecule has 1 atom stereocenters. The Morgan fingerprint density at radius 3 is 2.19 bits per heavy atom. The molecule has 0 bridgehead atoms. The fourth-order valence-corrected chi connectivity index (χ4v) is 3.51. The lowest BCUT2D eigenvalue weighted by molar-refractivity contribution is -0.137. The second kappa shape index (κ2) is 8.77. The summed E-state index contributed by atoms with van der Waals surface area (Å²) in [6.45, 7) is 2.47. The van der Waals surface area contributed by atoms with Crippen LogP contribution >= 0.6 is 0 Å². The van der Waals surface area contributed by atoms with Gasteiger partial charge in [0.2, 0.25) is 0 Å². The van der Waals surface area contributed by atoms with Crippen LogP contribution in [0.2, 0.25) is 0 Å². The SMILES string of the molecule is O=C(O)CC[C@H](c1ccc(F)cc1)N1CCN(C(=O)c2ccccc2)CC1. The van der Waals surface area contributed by atoms with Gasteiger partial charge >= 0.3 is 5.97 Å². The van der Waals surface area contributed by atoms with E-state index in [-0.39, 0.29) is 24.2 Å². The molecule has 0 spiro atoms. The molecule has 1 heterocycles. The minimum absolute atomic E-state index is 0.0131. The van der Waals surface area contributed by atoms with Crippen molar-refractivity contribution in [3.63, 3.8) is 0 Å². The molecular formula is C21H23FN2O3. The molecule has 1 saturated heterocycles. The van der Waals surface area contributed by atoms with Gasteiger partial charge in [-0.05, 0) is 36.2 Å². The van der Waals surface area contributed by atoms with Crippen LogP contribution in [0.3, 0.4) is 0 Å². The lowest BCUT2D eigenvalue weighted by Crippen LogP contribution is -2.49. The summed E-state index contributed by atoms with van der Waals surface area (Å²) in [7, 11) is 0. The summed E-state index contributed by atoms with van der Waals surface area (Å²) in [5.41, 5.74) is 1.58. The topological polar surface area (TPSA) is 60.9 Å². The van der Waals surface area contributed by atoms with E-state index in [2.05, 4.69) is 4.90 Å². The van der Waals surface area contributed by atoms with Crippen molar-refractivity contribution in [3.8, 4) is 0 Å². The van der Waals surface area contributed by atoms with Crippen molar-refractivity contribution in [1.29, 1.82) is 0 Å². The van der Waals surface area contributed by atoms with Gasteiger partial charge in [-0.25, -0.2) is 4.39 Å². The Bertz CT molecular complexity index is 772. The molecule has 5 nitrogen and oxygen atoms in total. The maximum atomic E-state index is 13.3. The zero-order chi connectivity index (χ0) is 19.2. The Balaban J connectivity index is 1.67. The first-order chi connectivity index (χ1) is 13.0. The highest BCUT2D eigenvalue weighted by atomic mass is 19.1. The first-order valence-electron chi connectivity index (χ1n) is 9.10. The molecule has 1 aliphatic heterocycles. The van der Waals surface area contributed by atoms with Crippen LogP contribution in [0, 0.1) is 5.82 Å². The lowest BCUT2D eigenvalue weighted by atomic mass is 9.99. The number of carboxylic acid groups (broad SMARTS) is 1. The van der Waals surface area contributed by atoms with Gasteiger partial charge in [0.15, 0.2) is 0 Å². The molecule has 0 aliphatic carbocycles. The minimum atomic E-state index is -0.847. The van der Waals surface area contributed by atoms with Crippen LogP contribution in [0.1, 0.15) is 34.8 Å². The third-order valence-corrected chi connectivity index (χ3v) is 4.95. The largest absolute Gasteiger partial charge is 0.481 e. The van der Waals surface area contributed by atoms with E-state index in [1.54, 1.807) is 12.1 Å². The van der Waals surface area contributed by atoms with Crippen LogP contribution in [-0.2, 0) is 4.79 Å². The van der Waals surface area contributed by atoms with Gasteiger partial charge in [-0.15, -0.1) is 0 Å². The monoisotopic (exact) mass is 370 g/mol. The Hall–Kier alpha value is -2.73. The van der Waals surface area contributed by atoms with Gasteiger partial charge in [0.05, 0.1) is 0 Å². The summed E-state index contributed by atoms with van der Waals surface area (Å²) >= 11 is 0. The second-order valence-corrected chi connectivity index (χ2v) is 6.69. The number of benzene rings is 2. The summed E-state index contributed by atoms with van der Waals surface area (Å²) in [4.78, 5) is 27.6. The van der Waals surface area contributed by atoms with Crippen molar-refractivity contribution in [1.82, 2.24) is 9.80 Å². The predicted octanol–water partition coefficient (Wildman–Crippen LogP) is 3.19. The third-order valence-electron chi connectivity index (χ3n) is 4.95. The molecule has 2 aromatic rings. The summed E-state index contributed by atoms with van der Waals surface area (Å²) < 4.78 is 13.3. The van der Waals surface area contributed by atoms with E-state index < -0.39 is 5.97 Å². The highest BCUT2D eigenvalue weighted by Gasteiger charge is 2.27. The molecule has 2 aromatic carbocycles. The molecule has 0 saturated carbocycles. The molecule has 0 aromatic heterocycles. The van der Waals surface area contributed by atoms with Gasteiger partial charge < -0.3 is 10.0 Å². The van der Waals surface area contributed by atoms with Gasteiger partial charge in [-0.2, -0.15) is 0 Å². The average molecular weight is 370 g/mol. The number of hydrogen-bond acceptors (Lipinski definition) is 3. The summed E-state index contributed by atoms with van der Waals surface area (Å²) in [6.07, 6.45) is 0.499. The van der Waals surface area contributed by atoms with Crippen molar-refractivity contribution < 1.29 is 19.1 Å². The van der Waals surface area contributed by atoms with Gasteiger partial charge in [-0.1, -0.05) is 30.3 Å². The number of rotatable bonds is 6. The van der Waals surface area contributed by atoms with E-state index in [0.717, 1.165) is 5.56 Å². The van der Waals surface area contributed by atoms with E-state index >= 15 is 0 Å². The predicted molar refractivity (Wildman–Crippen MR) is 99.9 cm³/mol. The highest BCUT2D eigenvalue weighted by molar-refractivity contribution is 5.94. The van der Waals surface area contributed by atoms with Gasteiger partial charge in [0, 0.05) is 44.2 Å². The maximum absolute atomic E-state index is 13.3. The number of carbonyl (C=O) groups is 2. The molecule has 3 rings (SSSR count). The fraction of sp³-hybridized carbons (Fsp3) is 0.333. The minimum Gasteiger partial charge on any atom is -0.481 e. The molecule has 1 fully saturated rings. The van der Waals surface area contributed by atoms with E-state index in [0.29, 0.717) is 38.2 Å². The van der Waals surface area contributed by atoms with Crippen LogP contribution in [0.25, 0.3) is 0 Å². The van der Waals surface area contributed by atoms with Gasteiger partial charge in [0.25, 0.3) is 5.91 Å². The standard InChI is InChI=1S/C21H23FN2O3/c22-18-8-6-16(7-9-18)19(10-11-20(25)26)23-12-14-24(15-13-23)21(27)17-4-2-1-3-5-17/h1-9,19H,10-15H2,(H,25,26)/t19-/m1/s1. The van der Waals surface area contributed by atoms with Gasteiger partial charge in [-0.3, -0.25) is 14.5 Å². The lowest BCUT2D eigenvalue weighted by Gasteiger charge is -2.39. The first-order valence-corrected chi connectivity index (χ1v) is 9.10. The summed E-state index contributed by atoms with van der Waals surface area (Å²) in [5.74, 6) is -1.15. The second-order valence-electron chi connectivity index (χ2n) is 6.69. The highest BCUT2D eigenvalue weighted by Crippen LogP contribution is 2.27. The molecular weight excluding hydrogens is 347 g/mol. The van der Waals surface area contributed by atoms with Crippen molar-refractivity contribution in [2.75, 3.05) is 26.2 Å². The van der Waals surface area contributed by atoms with Crippen LogP contribution in [0.5, 0.6) is 0 Å². The quantitative estimate of drug-likeness (QED) is 0.848. The van der Waals surface area contributed by atoms with Crippen molar-refractivity contribution in [3.05, 3.63) is 71.5 Å². The Morgan fingerprint density at radius 1 is 0.963 bits per heavy atom. The third kappa shape index (κ3) is 4.92. The van der Waals surface area contributed by atoms with E-state index in [4.69, 9.17) is 5.11 Å². The smallest absolute Gasteiger partial charge is 0.303 e. The number of carboxylic acids is 1. The number of halogens is 1. The first kappa shape index (κ1) is 19.0. The summed E-state index contributed by atoms with van der Waals surface area (Å²) in [6, 6.07) is 15.3. The molecule has 6 heteroatoms. The van der Waals surface area contributed by atoms with Crippen LogP contribution < -0.4 is 0 Å². The number of piperazine rings is 1. The van der Waals surface area contributed by atoms with Gasteiger partial charge in [0.1, 0.15) is 5.82 Å². The number of carbonyl (C=O) groups excluding carboxylic acids is 1. The summed E-state index contributed by atoms with van der Waals surface area (Å²) in [5, 5.41) is 9.06. The zero-order valence-corrected chi connectivity index (χ0v) is 15.1. The van der Waals surface area contributed by atoms with E-state index in [9.17, 15) is 14.0 Å². The number of hydrogen-bond donors (Lipinski definition) is 1. The molecule has 1 aliphatic rings. The Morgan fingerprint density at radius 2 is 1.59 bits per heavy atom. The molecule has 1 amide bonds. The normalized spacial score (nSPS) is 16.1. The van der Waals surface area contributed by atoms with Crippen LogP contribution in [0.4, 0.5) is 4.39 Å². The van der Waals surface area contributed by atoms with Crippen molar-refractivity contribution in [2.45, 2.75) is 18.9 Å². The van der Waals surface area contributed by atoms with Crippen molar-refractivity contribution in [2.24, 2.45) is 0 Å². The fourth-order valence-electron chi connectivity index (χ4n) is 3.51. The number of nitrogens with zero attached hydrogens (tertiary/aromatic N) is 2. The number of amides is 1. The number of aliphatic carboxylic acids is 1. The van der Waals surface area contributed by atoms with E-state index in [1.165, 1.54) is 12.1 Å². The van der Waals surface area contributed by atoms with Crippen molar-refractivity contribution >= 4 is 11.9 Å². The molecule has 0 radical (unpaired) electrons. The molecule has 1 N–H and O–H groups in total. The van der Waals surface area contributed by atoms with E-state index in [1.807, 2.05) is 35.2 Å². The zero-order valence-electron chi connectivity index (χ0n) is 15.1. The molecule has 27 heavy (non-hydrogen) atoms. The molecule has 0 unspecified atom stereocenters.